The van der Waals surface area contributed by atoms with Crippen molar-refractivity contribution in [1.82, 2.24) is 9.78 Å². The molecule has 0 radical (unpaired) electrons. The number of hydrogen-bond donors (Lipinski definition) is 1. The molecule has 190 valence electrons. The molecular weight excluding hydrogens is 578 g/mol. The molecule has 7 nitrogen and oxygen atoms in total. The van der Waals surface area contributed by atoms with E-state index in [-0.39, 0.29) is 23.6 Å². The Labute approximate surface area is 230 Å². The third kappa shape index (κ3) is 4.71. The van der Waals surface area contributed by atoms with Crippen molar-refractivity contribution in [2.45, 2.75) is 38.0 Å². The minimum Gasteiger partial charge on any atom is -0.461 e. The van der Waals surface area contributed by atoms with Crippen molar-refractivity contribution in [2.24, 2.45) is 0 Å². The lowest BCUT2D eigenvalue weighted by Gasteiger charge is -2.28. The maximum absolute atomic E-state index is 13.8. The molecule has 2 aromatic carbocycles. The molecule has 0 bridgehead atoms. The van der Waals surface area contributed by atoms with E-state index in [2.05, 4.69) is 26.3 Å². The summed E-state index contributed by atoms with van der Waals surface area (Å²) in [4.78, 5) is 40.3. The van der Waals surface area contributed by atoms with E-state index in [4.69, 9.17) is 16.3 Å². The van der Waals surface area contributed by atoms with Crippen LogP contribution in [0.4, 0.5) is 5.00 Å². The fourth-order valence-electron chi connectivity index (χ4n) is 4.87. The topological polar surface area (TPSA) is 90.3 Å². The largest absolute Gasteiger partial charge is 0.461 e. The van der Waals surface area contributed by atoms with Crippen LogP contribution in [0.25, 0.3) is 16.5 Å². The number of hydrogen-bond acceptors (Lipinski definition) is 6. The first-order valence-corrected chi connectivity index (χ1v) is 13.9. The van der Waals surface area contributed by atoms with Gasteiger partial charge in [0.15, 0.2) is 5.69 Å². The minimum absolute atomic E-state index is 0.0180. The normalized spacial score (nSPS) is 14.6. The quantitative estimate of drug-likeness (QED) is 0.256. The maximum Gasteiger partial charge on any atom is 0.359 e. The summed E-state index contributed by atoms with van der Waals surface area (Å²) in [5.74, 6) is -0.817. The number of aromatic nitrogens is 2. The molecule has 0 atom stereocenters. The van der Waals surface area contributed by atoms with Crippen LogP contribution in [0.3, 0.4) is 0 Å². The van der Waals surface area contributed by atoms with Gasteiger partial charge in [0.2, 0.25) is 5.91 Å². The van der Waals surface area contributed by atoms with E-state index >= 15 is 0 Å². The Morgan fingerprint density at radius 1 is 1.14 bits per heavy atom. The van der Waals surface area contributed by atoms with Crippen LogP contribution >= 0.6 is 38.9 Å². The second kappa shape index (κ2) is 10.4. The van der Waals surface area contributed by atoms with Crippen molar-refractivity contribution in [3.05, 3.63) is 85.0 Å². The Hall–Kier alpha value is -3.01. The maximum atomic E-state index is 13.8. The van der Waals surface area contributed by atoms with E-state index in [1.54, 1.807) is 48.7 Å². The zero-order valence-corrected chi connectivity index (χ0v) is 23.1. The molecule has 10 heteroatoms. The number of thiophene rings is 1. The monoisotopic (exact) mass is 599 g/mol. The lowest BCUT2D eigenvalue weighted by Crippen LogP contribution is -2.38. The fourth-order valence-corrected chi connectivity index (χ4v) is 6.19. The fraction of sp³-hybridized carbons (Fsp3) is 0.259. The van der Waals surface area contributed by atoms with Gasteiger partial charge in [0.1, 0.15) is 5.00 Å². The molecule has 5 rings (SSSR count). The second-order valence-corrected chi connectivity index (χ2v) is 11.1. The van der Waals surface area contributed by atoms with E-state index < -0.39 is 16.9 Å². The summed E-state index contributed by atoms with van der Waals surface area (Å²) in [5, 5.41) is 10.6. The highest BCUT2D eigenvalue weighted by Crippen LogP contribution is 2.43. The molecule has 0 unspecified atom stereocenters. The van der Waals surface area contributed by atoms with E-state index in [0.717, 1.165) is 22.9 Å². The number of esters is 1. The molecule has 1 amide bonds. The first-order valence-electron chi connectivity index (χ1n) is 11.9. The number of benzene rings is 2. The lowest BCUT2D eigenvalue weighted by atomic mass is 9.78. The summed E-state index contributed by atoms with van der Waals surface area (Å²) in [6.07, 6.45) is 3.24. The molecule has 1 aliphatic rings. The Balaban J connectivity index is 1.63. The number of carbonyl (C=O) groups excluding carboxylic acids is 2. The van der Waals surface area contributed by atoms with E-state index in [1.807, 2.05) is 12.1 Å². The van der Waals surface area contributed by atoms with Crippen LogP contribution in [0.1, 0.15) is 48.7 Å². The molecule has 0 saturated heterocycles. The van der Waals surface area contributed by atoms with Crippen molar-refractivity contribution < 1.29 is 14.3 Å². The molecule has 4 aromatic rings. The average Bonchev–Trinajstić information content (AvgIpc) is 3.55. The van der Waals surface area contributed by atoms with Gasteiger partial charge in [0.05, 0.1) is 23.1 Å². The molecule has 0 aliphatic heterocycles. The Bertz CT molecular complexity index is 1540. The molecule has 2 aromatic heterocycles. The Morgan fingerprint density at radius 3 is 2.46 bits per heavy atom. The number of ether oxygens (including phenoxy) is 1. The van der Waals surface area contributed by atoms with Gasteiger partial charge in [-0.3, -0.25) is 9.59 Å². The summed E-state index contributed by atoms with van der Waals surface area (Å²) in [6.45, 7) is 1.87. The van der Waals surface area contributed by atoms with Crippen molar-refractivity contribution >= 4 is 66.5 Å². The molecule has 1 N–H and O–H groups in total. The van der Waals surface area contributed by atoms with E-state index in [0.29, 0.717) is 33.9 Å². The van der Waals surface area contributed by atoms with Crippen molar-refractivity contribution in [2.75, 3.05) is 11.9 Å². The number of amides is 1. The smallest absolute Gasteiger partial charge is 0.359 e. The predicted molar refractivity (Wildman–Crippen MR) is 149 cm³/mol. The van der Waals surface area contributed by atoms with Gasteiger partial charge in [0.25, 0.3) is 5.56 Å². The predicted octanol–water partition coefficient (Wildman–Crippen LogP) is 6.49. The number of nitrogens with zero attached hydrogens (tertiary/aromatic N) is 2. The van der Waals surface area contributed by atoms with Crippen LogP contribution in [0.2, 0.25) is 5.02 Å². The van der Waals surface area contributed by atoms with Crippen LogP contribution in [0.15, 0.2) is 63.2 Å². The lowest BCUT2D eigenvalue weighted by molar-refractivity contribution is -0.121. The highest BCUT2D eigenvalue weighted by Gasteiger charge is 2.43. The van der Waals surface area contributed by atoms with Gasteiger partial charge in [-0.15, -0.1) is 11.3 Å². The van der Waals surface area contributed by atoms with E-state index in [1.165, 1.54) is 16.0 Å². The molecule has 1 saturated carbocycles. The summed E-state index contributed by atoms with van der Waals surface area (Å²) >= 11 is 10.7. The first kappa shape index (κ1) is 25.6. The molecular formula is C27H23BrClN3O4S. The van der Waals surface area contributed by atoms with Gasteiger partial charge in [-0.05, 0) is 61.7 Å². The second-order valence-electron chi connectivity index (χ2n) is 8.87. The SMILES string of the molecule is CCOC(=O)c1nn(-c2ccc(Br)cc2)c(=O)c2c(NC(=O)C3(c4ccc(Cl)cc4)CCCC3)scc12. The number of anilines is 1. The van der Waals surface area contributed by atoms with Crippen molar-refractivity contribution in [3.8, 4) is 5.69 Å². The zero-order chi connectivity index (χ0) is 26.2. The van der Waals surface area contributed by atoms with Gasteiger partial charge in [-0.2, -0.15) is 9.78 Å². The third-order valence-electron chi connectivity index (χ3n) is 6.71. The number of carbonyl (C=O) groups is 2. The minimum atomic E-state index is -0.720. The summed E-state index contributed by atoms with van der Waals surface area (Å²) < 4.78 is 7.23. The first-order chi connectivity index (χ1) is 17.8. The molecule has 1 aliphatic carbocycles. The van der Waals surface area contributed by atoms with Gasteiger partial charge in [0, 0.05) is 20.3 Å². The third-order valence-corrected chi connectivity index (χ3v) is 8.38. The molecule has 0 spiro atoms. The highest BCUT2D eigenvalue weighted by molar-refractivity contribution is 9.10. The van der Waals surface area contributed by atoms with Gasteiger partial charge in [-0.1, -0.05) is 52.5 Å². The van der Waals surface area contributed by atoms with Crippen LogP contribution in [0.5, 0.6) is 0 Å². The van der Waals surface area contributed by atoms with Gasteiger partial charge >= 0.3 is 5.97 Å². The molecule has 1 fully saturated rings. The Morgan fingerprint density at radius 2 is 1.81 bits per heavy atom. The van der Waals surface area contributed by atoms with Crippen molar-refractivity contribution in [1.29, 1.82) is 0 Å². The zero-order valence-electron chi connectivity index (χ0n) is 19.9. The standard InChI is InChI=1S/C27H23BrClN3O4S/c1-2-36-25(34)22-20-15-37-23(21(20)24(33)32(31-22)19-11-7-17(28)8-12-19)30-26(35)27(13-3-4-14-27)16-5-9-18(29)10-6-16/h5-12,15H,2-4,13-14H2,1H3,(H,30,35). The Kier molecular flexibility index (Phi) is 7.20. The average molecular weight is 601 g/mol. The van der Waals surface area contributed by atoms with Crippen LogP contribution < -0.4 is 10.9 Å². The van der Waals surface area contributed by atoms with Gasteiger partial charge in [-0.25, -0.2) is 4.79 Å². The number of rotatable bonds is 6. The summed E-state index contributed by atoms with van der Waals surface area (Å²) in [6, 6.07) is 14.4. The highest BCUT2D eigenvalue weighted by atomic mass is 79.9. The van der Waals surface area contributed by atoms with Crippen LogP contribution in [-0.4, -0.2) is 28.3 Å². The summed E-state index contributed by atoms with van der Waals surface area (Å²) in [5.41, 5.74) is 0.243. The number of nitrogens with one attached hydrogen (secondary N) is 1. The van der Waals surface area contributed by atoms with Crippen LogP contribution in [0, 0.1) is 0 Å². The number of fused-ring (bicyclic) bond motifs is 1. The summed E-state index contributed by atoms with van der Waals surface area (Å²) in [7, 11) is 0. The van der Waals surface area contributed by atoms with E-state index in [9.17, 15) is 14.4 Å². The van der Waals surface area contributed by atoms with Crippen LogP contribution in [-0.2, 0) is 14.9 Å². The molecule has 2 heterocycles. The van der Waals surface area contributed by atoms with Gasteiger partial charge < -0.3 is 10.1 Å². The molecule has 37 heavy (non-hydrogen) atoms. The number of halogens is 2. The van der Waals surface area contributed by atoms with Crippen molar-refractivity contribution in [3.63, 3.8) is 0 Å².